The van der Waals surface area contributed by atoms with Crippen LogP contribution in [0, 0.1) is 27.9 Å². The van der Waals surface area contributed by atoms with E-state index < -0.39 is 0 Å². The Bertz CT molecular complexity index is 349. The molecule has 0 saturated carbocycles. The molecule has 0 amide bonds. The summed E-state index contributed by atoms with van der Waals surface area (Å²) in [6.45, 7) is 4.00. The Morgan fingerprint density at radius 2 is 1.65 bits per heavy atom. The molecule has 0 atom stereocenters. The number of hydrogen-bond acceptors (Lipinski definition) is 1. The minimum absolute atomic E-state index is 0. The van der Waals surface area contributed by atoms with E-state index in [0.29, 0.717) is 5.75 Å². The first-order valence-electron chi connectivity index (χ1n) is 4.68. The van der Waals surface area contributed by atoms with Gasteiger partial charge in [0.1, 0.15) is 5.75 Å². The molecule has 1 aliphatic rings. The van der Waals surface area contributed by atoms with Crippen molar-refractivity contribution in [3.8, 4) is 5.75 Å². The Labute approximate surface area is 156 Å². The summed E-state index contributed by atoms with van der Waals surface area (Å²) in [5, 5.41) is 8.81. The fourth-order valence-electron chi connectivity index (χ4n) is 1.14. The van der Waals surface area contributed by atoms with Crippen molar-refractivity contribution < 1.29 is 26.8 Å². The van der Waals surface area contributed by atoms with Crippen LogP contribution in [0.5, 0.6) is 5.75 Å². The standard InChI is InChI=1S/C7H8O.C6H7.2CH3.2ClH.Si.Ti/c1-6-3-2-4-7(8)5-6;1-6-4-2-3-5-6;;;;;;/h2-5,8H,1H3;2,4H,3H2,1H3;2*1H3;2*1H;;/q;3*-1;;;;+3. The third kappa shape index (κ3) is 18.0. The van der Waals surface area contributed by atoms with Gasteiger partial charge in [0.25, 0.3) is 0 Å². The van der Waals surface area contributed by atoms with Crippen LogP contribution >= 0.6 is 24.8 Å². The number of allylic oxidation sites excluding steroid dienone is 4. The third-order valence-corrected chi connectivity index (χ3v) is 1.87. The average molecular weight is 366 g/mol. The number of aryl methyl sites for hydroxylation is 1. The molecular weight excluding hydrogens is 343 g/mol. The van der Waals surface area contributed by atoms with Gasteiger partial charge in [-0.3, -0.25) is 6.08 Å². The second kappa shape index (κ2) is 21.3. The van der Waals surface area contributed by atoms with Crippen molar-refractivity contribution in [2.45, 2.75) is 20.3 Å². The van der Waals surface area contributed by atoms with Gasteiger partial charge >= 0.3 is 21.7 Å². The molecular formula is C15H23Cl2OSiTi. The molecule has 0 heterocycles. The smallest absolute Gasteiger partial charge is 0.508 e. The number of aromatic hydroxyl groups is 1. The molecule has 1 N–H and O–H groups in total. The van der Waals surface area contributed by atoms with Crippen LogP contribution in [0.15, 0.2) is 42.0 Å². The van der Waals surface area contributed by atoms with Gasteiger partial charge in [0.05, 0.1) is 0 Å². The van der Waals surface area contributed by atoms with E-state index in [9.17, 15) is 0 Å². The molecule has 1 nitrogen and oxygen atoms in total. The minimum atomic E-state index is 0. The summed E-state index contributed by atoms with van der Waals surface area (Å²) in [5.74, 6) is 0.338. The molecule has 0 bridgehead atoms. The van der Waals surface area contributed by atoms with Gasteiger partial charge in [-0.1, -0.05) is 19.1 Å². The second-order valence-corrected chi connectivity index (χ2v) is 3.31. The van der Waals surface area contributed by atoms with Crippen molar-refractivity contribution in [1.82, 2.24) is 0 Å². The van der Waals surface area contributed by atoms with Crippen LogP contribution in [0.4, 0.5) is 0 Å². The van der Waals surface area contributed by atoms with Gasteiger partial charge in [-0.05, 0) is 24.6 Å². The van der Waals surface area contributed by atoms with Crippen LogP contribution in [0.25, 0.3) is 0 Å². The molecule has 0 unspecified atom stereocenters. The molecule has 2 rings (SSSR count). The molecule has 0 aromatic heterocycles. The maximum Gasteiger partial charge on any atom is 3.00 e. The summed E-state index contributed by atoms with van der Waals surface area (Å²) >= 11 is 0. The van der Waals surface area contributed by atoms with Gasteiger partial charge in [-0.2, -0.15) is 6.08 Å². The Hall–Kier alpha value is 0.0112. The van der Waals surface area contributed by atoms with Crippen molar-refractivity contribution in [1.29, 1.82) is 0 Å². The molecule has 5 heteroatoms. The number of rotatable bonds is 0. The zero-order chi connectivity index (χ0) is 10.4. The van der Waals surface area contributed by atoms with Gasteiger partial charge in [0.2, 0.25) is 0 Å². The first-order chi connectivity index (χ1) is 6.68. The predicted octanol–water partition coefficient (Wildman–Crippen LogP) is 4.76. The van der Waals surface area contributed by atoms with E-state index in [1.807, 2.05) is 19.1 Å². The van der Waals surface area contributed by atoms with E-state index in [-0.39, 0.29) is 72.4 Å². The maximum absolute atomic E-state index is 8.81. The van der Waals surface area contributed by atoms with Gasteiger partial charge < -0.3 is 20.0 Å². The fourth-order valence-corrected chi connectivity index (χ4v) is 1.14. The van der Waals surface area contributed by atoms with E-state index in [1.54, 1.807) is 12.1 Å². The van der Waals surface area contributed by atoms with E-state index in [0.717, 1.165) is 12.0 Å². The number of phenols is 1. The Balaban J connectivity index is -0.0000000383. The van der Waals surface area contributed by atoms with Crippen molar-refractivity contribution in [2.24, 2.45) is 0 Å². The molecule has 5 radical (unpaired) electrons. The minimum Gasteiger partial charge on any atom is -0.508 e. The number of halogens is 2. The van der Waals surface area contributed by atoms with E-state index in [2.05, 4.69) is 25.2 Å². The first kappa shape index (κ1) is 36.8. The molecule has 1 aromatic carbocycles. The quantitative estimate of drug-likeness (QED) is 0.519. The summed E-state index contributed by atoms with van der Waals surface area (Å²) in [7, 11) is 0. The summed E-state index contributed by atoms with van der Waals surface area (Å²) < 4.78 is 0. The molecule has 0 aliphatic heterocycles. The number of benzene rings is 1. The van der Waals surface area contributed by atoms with Crippen molar-refractivity contribution >= 4 is 35.8 Å². The zero-order valence-corrected chi connectivity index (χ0v) is 16.6. The van der Waals surface area contributed by atoms with Crippen LogP contribution in [-0.2, 0) is 21.7 Å². The predicted molar refractivity (Wildman–Crippen MR) is 92.1 cm³/mol. The zero-order valence-electron chi connectivity index (χ0n) is 12.4. The van der Waals surface area contributed by atoms with E-state index in [1.165, 1.54) is 5.57 Å². The third-order valence-electron chi connectivity index (χ3n) is 1.87. The van der Waals surface area contributed by atoms with Crippen molar-refractivity contribution in [3.63, 3.8) is 0 Å². The van der Waals surface area contributed by atoms with E-state index >= 15 is 0 Å². The molecule has 1 aromatic rings. The van der Waals surface area contributed by atoms with Crippen LogP contribution in [0.2, 0.25) is 0 Å². The molecule has 111 valence electrons. The van der Waals surface area contributed by atoms with Gasteiger partial charge in [0.15, 0.2) is 0 Å². The van der Waals surface area contributed by atoms with Crippen LogP contribution in [-0.4, -0.2) is 16.1 Å². The summed E-state index contributed by atoms with van der Waals surface area (Å²) in [6, 6.07) is 7.15. The summed E-state index contributed by atoms with van der Waals surface area (Å²) in [4.78, 5) is 0. The molecule has 0 saturated heterocycles. The Kier molecular flexibility index (Phi) is 39.3. The normalized spacial score (nSPS) is 9.20. The number of phenolic OH excluding ortho intramolecular Hbond substituents is 1. The SMILES string of the molecule is CC1=[C-]CC=C1.Cc1cccc(O)c1.Cl.Cl.[CH3-].[CH3-].[Si].[Ti+3]. The molecule has 1 aliphatic carbocycles. The molecule has 20 heavy (non-hydrogen) atoms. The van der Waals surface area contributed by atoms with Gasteiger partial charge in [-0.15, -0.1) is 31.2 Å². The Morgan fingerprint density at radius 1 is 1.10 bits per heavy atom. The van der Waals surface area contributed by atoms with Gasteiger partial charge in [0, 0.05) is 11.0 Å². The van der Waals surface area contributed by atoms with Crippen molar-refractivity contribution in [2.75, 3.05) is 0 Å². The Morgan fingerprint density at radius 3 is 1.85 bits per heavy atom. The first-order valence-corrected chi connectivity index (χ1v) is 4.68. The van der Waals surface area contributed by atoms with Crippen LogP contribution in [0.1, 0.15) is 18.9 Å². The van der Waals surface area contributed by atoms with Crippen LogP contribution < -0.4 is 0 Å². The van der Waals surface area contributed by atoms with Crippen LogP contribution in [0.3, 0.4) is 0 Å². The van der Waals surface area contributed by atoms with Gasteiger partial charge in [-0.25, -0.2) is 11.6 Å². The van der Waals surface area contributed by atoms with E-state index in [4.69, 9.17) is 5.11 Å². The largest absolute Gasteiger partial charge is 3.00 e. The average Bonchev–Trinajstić information content (AvgIpc) is 2.56. The fraction of sp³-hybridized carbons (Fsp3) is 0.200. The van der Waals surface area contributed by atoms with Crippen molar-refractivity contribution in [3.05, 3.63) is 68.5 Å². The monoisotopic (exact) mass is 365 g/mol. The topological polar surface area (TPSA) is 20.2 Å². The second-order valence-electron chi connectivity index (χ2n) is 3.31. The number of hydrogen-bond donors (Lipinski definition) is 1. The maximum atomic E-state index is 8.81. The summed E-state index contributed by atoms with van der Waals surface area (Å²) in [6.07, 6.45) is 8.33. The molecule has 0 fully saturated rings. The molecule has 0 spiro atoms. The summed E-state index contributed by atoms with van der Waals surface area (Å²) in [5.41, 5.74) is 2.36.